The number of unbranched alkanes of at least 4 members (excludes halogenated alkanes) is 1. The summed E-state index contributed by atoms with van der Waals surface area (Å²) in [6.45, 7) is 3.90. The van der Waals surface area contributed by atoms with Gasteiger partial charge >= 0.3 is 5.97 Å². The molecule has 110 valence electrons. The number of aryl methyl sites for hydroxylation is 1. The van der Waals surface area contributed by atoms with Crippen molar-refractivity contribution < 1.29 is 14.7 Å². The van der Waals surface area contributed by atoms with Crippen molar-refractivity contribution in [3.63, 3.8) is 0 Å². The maximum Gasteiger partial charge on any atom is 0.326 e. The number of hydrogen-bond donors (Lipinski definition) is 1. The molecule has 1 atom stereocenters. The molecular weight excluding hydrogens is 254 g/mol. The van der Waals surface area contributed by atoms with Crippen LogP contribution in [-0.2, 0) is 11.2 Å². The van der Waals surface area contributed by atoms with Crippen molar-refractivity contribution in [1.29, 1.82) is 0 Å². The number of likely N-dealkylation sites (N-methyl/N-ethyl adjacent to an activating group) is 1. The van der Waals surface area contributed by atoms with Crippen LogP contribution in [0, 0.1) is 0 Å². The number of benzene rings is 1. The number of rotatable bonds is 7. The smallest absolute Gasteiger partial charge is 0.326 e. The van der Waals surface area contributed by atoms with Crippen LogP contribution in [0.4, 0.5) is 0 Å². The highest BCUT2D eigenvalue weighted by atomic mass is 16.4. The largest absolute Gasteiger partial charge is 0.480 e. The second-order valence-electron chi connectivity index (χ2n) is 4.98. The first-order valence-electron chi connectivity index (χ1n) is 7.10. The minimum atomic E-state index is -0.970. The van der Waals surface area contributed by atoms with Crippen molar-refractivity contribution in [2.24, 2.45) is 0 Å². The Morgan fingerprint density at radius 3 is 2.25 bits per heavy atom. The topological polar surface area (TPSA) is 57.6 Å². The van der Waals surface area contributed by atoms with Gasteiger partial charge in [-0.25, -0.2) is 4.79 Å². The van der Waals surface area contributed by atoms with Gasteiger partial charge in [0.2, 0.25) is 0 Å². The number of nitrogens with zero attached hydrogens (tertiary/aromatic N) is 1. The van der Waals surface area contributed by atoms with Gasteiger partial charge in [-0.05, 0) is 37.0 Å². The fourth-order valence-electron chi connectivity index (χ4n) is 2.15. The normalized spacial score (nSPS) is 11.9. The molecule has 1 amide bonds. The van der Waals surface area contributed by atoms with E-state index in [1.54, 1.807) is 19.1 Å². The second kappa shape index (κ2) is 7.68. The van der Waals surface area contributed by atoms with E-state index in [0.29, 0.717) is 12.0 Å². The summed E-state index contributed by atoms with van der Waals surface area (Å²) in [6.07, 6.45) is 3.67. The zero-order valence-electron chi connectivity index (χ0n) is 12.4. The third-order valence-corrected chi connectivity index (χ3v) is 3.48. The van der Waals surface area contributed by atoms with Crippen molar-refractivity contribution in [3.05, 3.63) is 35.4 Å². The molecule has 0 fully saturated rings. The lowest BCUT2D eigenvalue weighted by atomic mass is 10.1. The summed E-state index contributed by atoms with van der Waals surface area (Å²) < 4.78 is 0. The SMILES string of the molecule is CCCCc1ccc(C(=O)N(C)C(CC)C(=O)O)cc1. The number of carboxylic acids is 1. The Balaban J connectivity index is 2.78. The average molecular weight is 277 g/mol. The molecule has 4 heteroatoms. The molecule has 0 radical (unpaired) electrons. The molecule has 0 heterocycles. The van der Waals surface area contributed by atoms with Gasteiger partial charge in [0.05, 0.1) is 0 Å². The Kier molecular flexibility index (Phi) is 6.22. The summed E-state index contributed by atoms with van der Waals surface area (Å²) in [6, 6.07) is 6.66. The van der Waals surface area contributed by atoms with Crippen LogP contribution in [0.1, 0.15) is 49.0 Å². The molecule has 1 aromatic carbocycles. The molecule has 0 spiro atoms. The van der Waals surface area contributed by atoms with Crippen molar-refractivity contribution in [3.8, 4) is 0 Å². The molecule has 0 bridgehead atoms. The fraction of sp³-hybridized carbons (Fsp3) is 0.500. The summed E-state index contributed by atoms with van der Waals surface area (Å²) in [4.78, 5) is 24.6. The van der Waals surface area contributed by atoms with E-state index in [9.17, 15) is 9.59 Å². The van der Waals surface area contributed by atoms with Gasteiger partial charge in [0.1, 0.15) is 6.04 Å². The molecule has 0 saturated carbocycles. The van der Waals surface area contributed by atoms with Gasteiger partial charge in [0, 0.05) is 12.6 Å². The Hall–Kier alpha value is -1.84. The molecule has 0 aromatic heterocycles. The van der Waals surface area contributed by atoms with E-state index in [1.165, 1.54) is 17.5 Å². The van der Waals surface area contributed by atoms with Crippen LogP contribution in [0.2, 0.25) is 0 Å². The highest BCUT2D eigenvalue weighted by Crippen LogP contribution is 2.12. The molecule has 0 saturated heterocycles. The monoisotopic (exact) mass is 277 g/mol. The lowest BCUT2D eigenvalue weighted by Crippen LogP contribution is -2.41. The average Bonchev–Trinajstić information content (AvgIpc) is 2.45. The van der Waals surface area contributed by atoms with Gasteiger partial charge in [-0.3, -0.25) is 4.79 Å². The summed E-state index contributed by atoms with van der Waals surface area (Å²) in [5, 5.41) is 9.09. The van der Waals surface area contributed by atoms with Crippen LogP contribution >= 0.6 is 0 Å². The number of aliphatic carboxylic acids is 1. The van der Waals surface area contributed by atoms with Crippen LogP contribution in [0.5, 0.6) is 0 Å². The molecule has 20 heavy (non-hydrogen) atoms. The quantitative estimate of drug-likeness (QED) is 0.833. The van der Waals surface area contributed by atoms with Crippen LogP contribution < -0.4 is 0 Å². The second-order valence-corrected chi connectivity index (χ2v) is 4.98. The van der Waals surface area contributed by atoms with E-state index in [1.807, 2.05) is 12.1 Å². The van der Waals surface area contributed by atoms with Gasteiger partial charge < -0.3 is 10.0 Å². The first-order chi connectivity index (χ1) is 9.51. The highest BCUT2D eigenvalue weighted by molar-refractivity contribution is 5.96. The first-order valence-corrected chi connectivity index (χ1v) is 7.10. The van der Waals surface area contributed by atoms with E-state index >= 15 is 0 Å². The van der Waals surface area contributed by atoms with Gasteiger partial charge in [-0.1, -0.05) is 32.4 Å². The zero-order chi connectivity index (χ0) is 15.1. The van der Waals surface area contributed by atoms with Crippen LogP contribution in [-0.4, -0.2) is 35.0 Å². The molecule has 1 aromatic rings. The molecule has 1 rings (SSSR count). The van der Waals surface area contributed by atoms with Crippen LogP contribution in [0.3, 0.4) is 0 Å². The lowest BCUT2D eigenvalue weighted by Gasteiger charge is -2.23. The molecule has 1 N–H and O–H groups in total. The summed E-state index contributed by atoms with van der Waals surface area (Å²) in [7, 11) is 1.54. The van der Waals surface area contributed by atoms with E-state index in [4.69, 9.17) is 5.11 Å². The van der Waals surface area contributed by atoms with Crippen molar-refractivity contribution in [2.75, 3.05) is 7.05 Å². The summed E-state index contributed by atoms with van der Waals surface area (Å²) in [5.74, 6) is -1.22. The maximum absolute atomic E-state index is 12.2. The number of carbonyl (C=O) groups excluding carboxylic acids is 1. The molecule has 0 aliphatic rings. The Morgan fingerprint density at radius 2 is 1.80 bits per heavy atom. The number of carbonyl (C=O) groups is 2. The third kappa shape index (κ3) is 4.08. The zero-order valence-corrected chi connectivity index (χ0v) is 12.4. The third-order valence-electron chi connectivity index (χ3n) is 3.48. The number of amides is 1. The van der Waals surface area contributed by atoms with E-state index in [-0.39, 0.29) is 5.91 Å². The standard InChI is InChI=1S/C16H23NO3/c1-4-6-7-12-8-10-13(11-9-12)15(18)17(3)14(5-2)16(19)20/h8-11,14H,4-7H2,1-3H3,(H,19,20). The predicted molar refractivity (Wildman–Crippen MR) is 78.9 cm³/mol. The van der Waals surface area contributed by atoms with Crippen molar-refractivity contribution in [2.45, 2.75) is 45.6 Å². The summed E-state index contributed by atoms with van der Waals surface area (Å²) >= 11 is 0. The lowest BCUT2D eigenvalue weighted by molar-refractivity contribution is -0.142. The van der Waals surface area contributed by atoms with Gasteiger partial charge in [-0.2, -0.15) is 0 Å². The molecular formula is C16H23NO3. The Morgan fingerprint density at radius 1 is 1.20 bits per heavy atom. The Labute approximate surface area is 120 Å². The van der Waals surface area contributed by atoms with E-state index in [2.05, 4.69) is 6.92 Å². The van der Waals surface area contributed by atoms with E-state index < -0.39 is 12.0 Å². The van der Waals surface area contributed by atoms with Crippen LogP contribution in [0.25, 0.3) is 0 Å². The van der Waals surface area contributed by atoms with Crippen molar-refractivity contribution >= 4 is 11.9 Å². The fourth-order valence-corrected chi connectivity index (χ4v) is 2.15. The molecule has 4 nitrogen and oxygen atoms in total. The number of hydrogen-bond acceptors (Lipinski definition) is 2. The van der Waals surface area contributed by atoms with Crippen LogP contribution in [0.15, 0.2) is 24.3 Å². The Bertz CT molecular complexity index is 453. The molecule has 1 unspecified atom stereocenters. The first kappa shape index (κ1) is 16.2. The van der Waals surface area contributed by atoms with Crippen molar-refractivity contribution in [1.82, 2.24) is 4.90 Å². The number of carboxylic acid groups (broad SMARTS) is 1. The van der Waals surface area contributed by atoms with E-state index in [0.717, 1.165) is 19.3 Å². The summed E-state index contributed by atoms with van der Waals surface area (Å²) in [5.41, 5.74) is 1.74. The predicted octanol–water partition coefficient (Wildman–Crippen LogP) is 2.96. The molecule has 0 aliphatic carbocycles. The van der Waals surface area contributed by atoms with Gasteiger partial charge in [0.25, 0.3) is 5.91 Å². The maximum atomic E-state index is 12.2. The van der Waals surface area contributed by atoms with Gasteiger partial charge in [-0.15, -0.1) is 0 Å². The minimum Gasteiger partial charge on any atom is -0.480 e. The van der Waals surface area contributed by atoms with Gasteiger partial charge in [0.15, 0.2) is 0 Å². The highest BCUT2D eigenvalue weighted by Gasteiger charge is 2.25. The molecule has 0 aliphatic heterocycles. The minimum absolute atomic E-state index is 0.249.